The van der Waals surface area contributed by atoms with Crippen LogP contribution in [0.3, 0.4) is 0 Å². The molecule has 3 rings (SSSR count). The third-order valence-electron chi connectivity index (χ3n) is 6.28. The van der Waals surface area contributed by atoms with Crippen LogP contribution in [0.2, 0.25) is 0 Å². The maximum Gasteiger partial charge on any atom is 0.257 e. The van der Waals surface area contributed by atoms with Crippen LogP contribution in [0.25, 0.3) is 0 Å². The second kappa shape index (κ2) is 10.3. The lowest BCUT2D eigenvalue weighted by Gasteiger charge is -2.36. The summed E-state index contributed by atoms with van der Waals surface area (Å²) in [4.78, 5) is 41.6. The average Bonchev–Trinajstić information content (AvgIpc) is 3.63. The van der Waals surface area contributed by atoms with Crippen LogP contribution in [0, 0.1) is 11.8 Å². The van der Waals surface area contributed by atoms with Gasteiger partial charge in [0.25, 0.3) is 5.91 Å². The highest BCUT2D eigenvalue weighted by molar-refractivity contribution is 6.00. The molecule has 176 valence electrons. The van der Waals surface area contributed by atoms with Crippen molar-refractivity contribution in [2.75, 3.05) is 39.2 Å². The van der Waals surface area contributed by atoms with E-state index in [1.54, 1.807) is 37.3 Å². The second-order valence-electron chi connectivity index (χ2n) is 8.97. The van der Waals surface area contributed by atoms with Crippen molar-refractivity contribution in [3.63, 3.8) is 0 Å². The summed E-state index contributed by atoms with van der Waals surface area (Å²) in [7, 11) is 3.35. The van der Waals surface area contributed by atoms with Gasteiger partial charge in [-0.15, -0.1) is 0 Å². The molecular formula is C24H35N3O5. The summed E-state index contributed by atoms with van der Waals surface area (Å²) < 4.78 is 11.7. The number of amides is 3. The predicted octanol–water partition coefficient (Wildman–Crippen LogP) is 2.78. The van der Waals surface area contributed by atoms with E-state index in [-0.39, 0.29) is 48.3 Å². The Bertz CT molecular complexity index is 854. The summed E-state index contributed by atoms with van der Waals surface area (Å²) in [5, 5.41) is 2.90. The number of hydrogen-bond donors (Lipinski definition) is 1. The molecule has 0 spiro atoms. The summed E-state index contributed by atoms with van der Waals surface area (Å²) >= 11 is 0. The van der Waals surface area contributed by atoms with Gasteiger partial charge in [0.05, 0.1) is 17.7 Å². The van der Waals surface area contributed by atoms with Gasteiger partial charge in [-0.25, -0.2) is 0 Å². The molecule has 0 saturated heterocycles. The van der Waals surface area contributed by atoms with Gasteiger partial charge in [0.1, 0.15) is 12.4 Å². The maximum absolute atomic E-state index is 13.3. The van der Waals surface area contributed by atoms with Gasteiger partial charge in [-0.05, 0) is 38.0 Å². The third kappa shape index (κ3) is 5.59. The van der Waals surface area contributed by atoms with E-state index >= 15 is 0 Å². The number of likely N-dealkylation sites (N-methyl/N-ethyl adjacent to an activating group) is 1. The van der Waals surface area contributed by atoms with Gasteiger partial charge in [0.15, 0.2) is 0 Å². The highest BCUT2D eigenvalue weighted by atomic mass is 16.5. The first-order valence-electron chi connectivity index (χ1n) is 11.4. The zero-order valence-electron chi connectivity index (χ0n) is 19.7. The van der Waals surface area contributed by atoms with E-state index in [1.165, 1.54) is 0 Å². The number of fused-ring (bicyclic) bond motifs is 1. The predicted molar refractivity (Wildman–Crippen MR) is 122 cm³/mol. The quantitative estimate of drug-likeness (QED) is 0.770. The minimum atomic E-state index is -0.232. The Labute approximate surface area is 190 Å². The van der Waals surface area contributed by atoms with E-state index in [0.29, 0.717) is 36.5 Å². The SMILES string of the molecule is CCC(=O)N1C[C@@H](C)[C@@H](OC)CN(C)C(=O)c2cc(NC(=O)C3CC3)ccc2OC[C@H]1C. The van der Waals surface area contributed by atoms with Crippen molar-refractivity contribution in [1.29, 1.82) is 0 Å². The summed E-state index contributed by atoms with van der Waals surface area (Å²) in [5.74, 6) is 0.364. The molecule has 1 saturated carbocycles. The number of benzene rings is 1. The number of rotatable bonds is 4. The van der Waals surface area contributed by atoms with Crippen LogP contribution in [-0.4, -0.2) is 73.5 Å². The average molecular weight is 446 g/mol. The molecule has 1 aromatic rings. The first-order chi connectivity index (χ1) is 15.2. The van der Waals surface area contributed by atoms with Crippen LogP contribution >= 0.6 is 0 Å². The van der Waals surface area contributed by atoms with Gasteiger partial charge in [-0.1, -0.05) is 13.8 Å². The molecule has 1 fully saturated rings. The molecule has 1 N–H and O–H groups in total. The molecule has 0 unspecified atom stereocenters. The van der Waals surface area contributed by atoms with Crippen LogP contribution in [-0.2, 0) is 14.3 Å². The van der Waals surface area contributed by atoms with Crippen LogP contribution in [0.5, 0.6) is 5.75 Å². The van der Waals surface area contributed by atoms with E-state index in [9.17, 15) is 14.4 Å². The number of anilines is 1. The van der Waals surface area contributed by atoms with Gasteiger partial charge in [-0.3, -0.25) is 14.4 Å². The normalized spacial score (nSPS) is 24.7. The summed E-state index contributed by atoms with van der Waals surface area (Å²) in [5.41, 5.74) is 0.954. The minimum Gasteiger partial charge on any atom is -0.491 e. The molecular weight excluding hydrogens is 410 g/mol. The lowest BCUT2D eigenvalue weighted by molar-refractivity contribution is -0.135. The Morgan fingerprint density at radius 2 is 1.94 bits per heavy atom. The number of nitrogens with zero attached hydrogens (tertiary/aromatic N) is 2. The molecule has 8 nitrogen and oxygen atoms in total. The molecule has 0 bridgehead atoms. The second-order valence-corrected chi connectivity index (χ2v) is 8.97. The van der Waals surface area contributed by atoms with Crippen molar-refractivity contribution in [3.8, 4) is 5.75 Å². The molecule has 32 heavy (non-hydrogen) atoms. The van der Waals surface area contributed by atoms with E-state index in [4.69, 9.17) is 9.47 Å². The lowest BCUT2D eigenvalue weighted by atomic mass is 10.0. The van der Waals surface area contributed by atoms with E-state index in [0.717, 1.165) is 12.8 Å². The van der Waals surface area contributed by atoms with Crippen molar-refractivity contribution in [2.24, 2.45) is 11.8 Å². The van der Waals surface area contributed by atoms with E-state index in [1.807, 2.05) is 25.7 Å². The summed E-state index contributed by atoms with van der Waals surface area (Å²) in [6, 6.07) is 4.96. The Morgan fingerprint density at radius 1 is 1.22 bits per heavy atom. The van der Waals surface area contributed by atoms with E-state index in [2.05, 4.69) is 5.32 Å². The fourth-order valence-electron chi connectivity index (χ4n) is 3.99. The standard InChI is InChI=1S/C24H35N3O5/c1-6-22(28)27-12-15(2)21(31-5)13-26(4)24(30)19-11-18(25-23(29)17-7-8-17)9-10-20(19)32-14-16(27)3/h9-11,15-17,21H,6-8,12-14H2,1-5H3,(H,25,29)/t15-,16-,21+/m1/s1. The van der Waals surface area contributed by atoms with E-state index < -0.39 is 0 Å². The Morgan fingerprint density at radius 3 is 2.56 bits per heavy atom. The number of carbonyl (C=O) groups is 3. The van der Waals surface area contributed by atoms with Gasteiger partial charge in [0, 0.05) is 51.2 Å². The molecule has 1 aliphatic carbocycles. The van der Waals surface area contributed by atoms with Crippen molar-refractivity contribution >= 4 is 23.4 Å². The van der Waals surface area contributed by atoms with Crippen LogP contribution < -0.4 is 10.1 Å². The van der Waals surface area contributed by atoms with Gasteiger partial charge >= 0.3 is 0 Å². The number of carbonyl (C=O) groups excluding carboxylic acids is 3. The van der Waals surface area contributed by atoms with Crippen molar-refractivity contribution in [2.45, 2.75) is 52.2 Å². The first-order valence-corrected chi connectivity index (χ1v) is 11.4. The van der Waals surface area contributed by atoms with Crippen LogP contribution in [0.1, 0.15) is 50.4 Å². The number of methoxy groups -OCH3 is 1. The van der Waals surface area contributed by atoms with Crippen LogP contribution in [0.4, 0.5) is 5.69 Å². The number of hydrogen-bond acceptors (Lipinski definition) is 5. The fraction of sp³-hybridized carbons (Fsp3) is 0.625. The Balaban J connectivity index is 1.93. The largest absolute Gasteiger partial charge is 0.491 e. The highest BCUT2D eigenvalue weighted by Crippen LogP contribution is 2.31. The monoisotopic (exact) mass is 445 g/mol. The zero-order valence-corrected chi connectivity index (χ0v) is 19.7. The lowest BCUT2D eigenvalue weighted by Crippen LogP contribution is -2.48. The highest BCUT2D eigenvalue weighted by Gasteiger charge is 2.31. The minimum absolute atomic E-state index is 0.0181. The molecule has 1 aliphatic heterocycles. The van der Waals surface area contributed by atoms with Crippen molar-refractivity contribution < 1.29 is 23.9 Å². The van der Waals surface area contributed by atoms with Gasteiger partial charge in [0.2, 0.25) is 11.8 Å². The topological polar surface area (TPSA) is 88.2 Å². The first kappa shape index (κ1) is 24.0. The smallest absolute Gasteiger partial charge is 0.257 e. The zero-order chi connectivity index (χ0) is 23.4. The molecule has 1 aromatic carbocycles. The Kier molecular flexibility index (Phi) is 7.77. The number of nitrogens with one attached hydrogen (secondary N) is 1. The van der Waals surface area contributed by atoms with Crippen molar-refractivity contribution in [1.82, 2.24) is 9.80 Å². The molecule has 2 aliphatic rings. The Hall–Kier alpha value is -2.61. The van der Waals surface area contributed by atoms with Gasteiger partial charge in [-0.2, -0.15) is 0 Å². The van der Waals surface area contributed by atoms with Gasteiger partial charge < -0.3 is 24.6 Å². The molecule has 3 atom stereocenters. The van der Waals surface area contributed by atoms with Crippen LogP contribution in [0.15, 0.2) is 18.2 Å². The molecule has 8 heteroatoms. The molecule has 3 amide bonds. The molecule has 0 aromatic heterocycles. The molecule has 1 heterocycles. The molecule has 0 radical (unpaired) electrons. The number of ether oxygens (including phenoxy) is 2. The summed E-state index contributed by atoms with van der Waals surface area (Å²) in [6.45, 7) is 6.98. The maximum atomic E-state index is 13.3. The third-order valence-corrected chi connectivity index (χ3v) is 6.28. The fourth-order valence-corrected chi connectivity index (χ4v) is 3.99. The van der Waals surface area contributed by atoms with Crippen molar-refractivity contribution in [3.05, 3.63) is 23.8 Å². The summed E-state index contributed by atoms with van der Waals surface area (Å²) in [6.07, 6.45) is 1.99.